The second-order valence-electron chi connectivity index (χ2n) is 3.84. The maximum Gasteiger partial charge on any atom is 0.225 e. The third kappa shape index (κ3) is 2.80. The Labute approximate surface area is 106 Å². The Morgan fingerprint density at radius 1 is 1.22 bits per heavy atom. The van der Waals surface area contributed by atoms with Gasteiger partial charge in [-0.15, -0.1) is 0 Å². The van der Waals surface area contributed by atoms with Gasteiger partial charge in [0.1, 0.15) is 0 Å². The van der Waals surface area contributed by atoms with E-state index >= 15 is 0 Å². The van der Waals surface area contributed by atoms with Crippen molar-refractivity contribution in [2.24, 2.45) is 0 Å². The molecular weight excluding hydrogens is 226 g/mol. The van der Waals surface area contributed by atoms with E-state index < -0.39 is 0 Å². The first-order chi connectivity index (χ1) is 8.81. The third-order valence-electron chi connectivity index (χ3n) is 2.53. The quantitative estimate of drug-likeness (QED) is 0.815. The van der Waals surface area contributed by atoms with Gasteiger partial charge < -0.3 is 4.90 Å². The van der Waals surface area contributed by atoms with Crippen LogP contribution in [-0.4, -0.2) is 28.5 Å². The summed E-state index contributed by atoms with van der Waals surface area (Å²) in [4.78, 5) is 14.5. The Hall–Kier alpha value is -2.48. The summed E-state index contributed by atoms with van der Waals surface area (Å²) in [6.45, 7) is 0.628. The van der Waals surface area contributed by atoms with Gasteiger partial charge in [-0.25, -0.2) is 9.97 Å². The number of hydrogen-bond donors (Lipinski definition) is 0. The number of nitriles is 1. The largest absolute Gasteiger partial charge is 0.343 e. The van der Waals surface area contributed by atoms with Crippen LogP contribution in [0.3, 0.4) is 0 Å². The summed E-state index contributed by atoms with van der Waals surface area (Å²) in [7, 11) is 1.87. The molecule has 0 radical (unpaired) electrons. The lowest BCUT2D eigenvalue weighted by atomic mass is 10.2. The number of aromatic nitrogens is 3. The van der Waals surface area contributed by atoms with E-state index in [-0.39, 0.29) is 0 Å². The molecule has 0 aromatic carbocycles. The number of nitrogens with zero attached hydrogens (tertiary/aromatic N) is 5. The molecule has 0 aliphatic carbocycles. The Morgan fingerprint density at radius 3 is 2.61 bits per heavy atom. The topological polar surface area (TPSA) is 65.7 Å². The van der Waals surface area contributed by atoms with E-state index in [1.165, 1.54) is 0 Å². The molecule has 0 aliphatic heterocycles. The molecule has 0 aliphatic rings. The van der Waals surface area contributed by atoms with Crippen LogP contribution in [0.15, 0.2) is 36.9 Å². The maximum absolute atomic E-state index is 8.53. The van der Waals surface area contributed by atoms with Crippen molar-refractivity contribution in [3.63, 3.8) is 0 Å². The average molecular weight is 239 g/mol. The van der Waals surface area contributed by atoms with Crippen molar-refractivity contribution in [1.29, 1.82) is 5.26 Å². The van der Waals surface area contributed by atoms with E-state index in [4.69, 9.17) is 5.26 Å². The van der Waals surface area contributed by atoms with Crippen molar-refractivity contribution in [3.8, 4) is 17.2 Å². The summed E-state index contributed by atoms with van der Waals surface area (Å²) in [5, 5.41) is 8.53. The van der Waals surface area contributed by atoms with E-state index in [1.807, 2.05) is 24.1 Å². The highest BCUT2D eigenvalue weighted by molar-refractivity contribution is 5.60. The smallest absolute Gasteiger partial charge is 0.225 e. The van der Waals surface area contributed by atoms with Crippen LogP contribution in [-0.2, 0) is 0 Å². The zero-order chi connectivity index (χ0) is 12.8. The monoisotopic (exact) mass is 239 g/mol. The first-order valence-electron chi connectivity index (χ1n) is 5.62. The molecule has 0 N–H and O–H groups in total. The highest BCUT2D eigenvalue weighted by atomic mass is 15.2. The molecule has 0 saturated carbocycles. The molecule has 2 heterocycles. The summed E-state index contributed by atoms with van der Waals surface area (Å²) < 4.78 is 0. The molecule has 2 aromatic rings. The molecule has 90 valence electrons. The zero-order valence-electron chi connectivity index (χ0n) is 10.1. The molecule has 5 nitrogen and oxygen atoms in total. The van der Waals surface area contributed by atoms with Gasteiger partial charge >= 0.3 is 0 Å². The van der Waals surface area contributed by atoms with Crippen molar-refractivity contribution in [2.45, 2.75) is 6.42 Å². The highest BCUT2D eigenvalue weighted by Gasteiger charge is 2.04. The first-order valence-corrected chi connectivity index (χ1v) is 5.62. The minimum atomic E-state index is 0.463. The van der Waals surface area contributed by atoms with Gasteiger partial charge in [-0.05, 0) is 6.07 Å². The fraction of sp³-hybridized carbons (Fsp3) is 0.231. The predicted molar refractivity (Wildman–Crippen MR) is 68.8 cm³/mol. The lowest BCUT2D eigenvalue weighted by molar-refractivity contribution is 0.859. The van der Waals surface area contributed by atoms with Crippen LogP contribution in [0.5, 0.6) is 0 Å². The molecule has 0 atom stereocenters. The lowest BCUT2D eigenvalue weighted by Crippen LogP contribution is -2.20. The first kappa shape index (κ1) is 12.0. The van der Waals surface area contributed by atoms with Crippen LogP contribution in [0, 0.1) is 11.3 Å². The van der Waals surface area contributed by atoms with E-state index in [2.05, 4.69) is 21.0 Å². The van der Waals surface area contributed by atoms with Crippen molar-refractivity contribution >= 4 is 5.95 Å². The molecule has 0 fully saturated rings. The molecule has 0 unspecified atom stereocenters. The summed E-state index contributed by atoms with van der Waals surface area (Å²) in [6.07, 6.45) is 7.50. The molecule has 0 bridgehead atoms. The lowest BCUT2D eigenvalue weighted by Gasteiger charge is -2.14. The van der Waals surface area contributed by atoms with Crippen LogP contribution in [0.2, 0.25) is 0 Å². The summed E-state index contributed by atoms with van der Waals surface area (Å²) in [5.41, 5.74) is 1.92. The number of anilines is 1. The Morgan fingerprint density at radius 2 is 2.00 bits per heavy atom. The van der Waals surface area contributed by atoms with Crippen molar-refractivity contribution < 1.29 is 0 Å². The molecule has 2 rings (SSSR count). The number of hydrogen-bond acceptors (Lipinski definition) is 5. The minimum Gasteiger partial charge on any atom is -0.343 e. The van der Waals surface area contributed by atoms with Gasteiger partial charge in [-0.2, -0.15) is 5.26 Å². The second-order valence-corrected chi connectivity index (χ2v) is 3.84. The van der Waals surface area contributed by atoms with E-state index in [0.717, 1.165) is 11.1 Å². The van der Waals surface area contributed by atoms with Crippen molar-refractivity contribution in [3.05, 3.63) is 36.9 Å². The van der Waals surface area contributed by atoms with Crippen molar-refractivity contribution in [2.75, 3.05) is 18.5 Å². The zero-order valence-corrected chi connectivity index (χ0v) is 10.1. The van der Waals surface area contributed by atoms with Gasteiger partial charge in [0.05, 0.1) is 12.5 Å². The van der Waals surface area contributed by atoms with Gasteiger partial charge in [0, 0.05) is 49.5 Å². The normalized spacial score (nSPS) is 9.78. The van der Waals surface area contributed by atoms with Gasteiger partial charge in [-0.1, -0.05) is 6.07 Å². The van der Waals surface area contributed by atoms with Crippen LogP contribution >= 0.6 is 0 Å². The highest BCUT2D eigenvalue weighted by Crippen LogP contribution is 2.17. The third-order valence-corrected chi connectivity index (χ3v) is 2.53. The standard InChI is InChI=1S/C13H13N5/c1-18(7-3-5-14)13-16-9-12(10-17-13)11-4-2-6-15-8-11/h2,4,6,8-10H,3,7H2,1H3. The van der Waals surface area contributed by atoms with E-state index in [1.54, 1.807) is 24.8 Å². The van der Waals surface area contributed by atoms with Crippen molar-refractivity contribution in [1.82, 2.24) is 15.0 Å². The Balaban J connectivity index is 2.13. The number of rotatable bonds is 4. The molecule has 18 heavy (non-hydrogen) atoms. The summed E-state index contributed by atoms with van der Waals surface area (Å²) >= 11 is 0. The summed E-state index contributed by atoms with van der Waals surface area (Å²) in [5.74, 6) is 0.623. The molecule has 0 spiro atoms. The molecular formula is C13H13N5. The van der Waals surface area contributed by atoms with Gasteiger partial charge in [-0.3, -0.25) is 4.98 Å². The van der Waals surface area contributed by atoms with Gasteiger partial charge in [0.2, 0.25) is 5.95 Å². The average Bonchev–Trinajstić information content (AvgIpc) is 2.46. The molecule has 5 heteroatoms. The van der Waals surface area contributed by atoms with E-state index in [9.17, 15) is 0 Å². The SMILES string of the molecule is CN(CCC#N)c1ncc(-c2cccnc2)cn1. The second kappa shape index (κ2) is 5.73. The van der Waals surface area contributed by atoms with Crippen LogP contribution in [0.4, 0.5) is 5.95 Å². The molecule has 0 amide bonds. The van der Waals surface area contributed by atoms with E-state index in [0.29, 0.717) is 18.9 Å². The summed E-state index contributed by atoms with van der Waals surface area (Å²) in [6, 6.07) is 5.94. The minimum absolute atomic E-state index is 0.463. The maximum atomic E-state index is 8.53. The Kier molecular flexibility index (Phi) is 3.82. The van der Waals surface area contributed by atoms with Crippen LogP contribution in [0.1, 0.15) is 6.42 Å². The number of pyridine rings is 1. The molecule has 0 saturated heterocycles. The fourth-order valence-electron chi connectivity index (χ4n) is 1.52. The van der Waals surface area contributed by atoms with Gasteiger partial charge in [0.15, 0.2) is 0 Å². The van der Waals surface area contributed by atoms with Gasteiger partial charge in [0.25, 0.3) is 0 Å². The van der Waals surface area contributed by atoms with Crippen LogP contribution in [0.25, 0.3) is 11.1 Å². The fourth-order valence-corrected chi connectivity index (χ4v) is 1.52. The molecule has 2 aromatic heterocycles. The Bertz CT molecular complexity index is 530. The predicted octanol–water partition coefficient (Wildman–Crippen LogP) is 1.89. The van der Waals surface area contributed by atoms with Crippen LogP contribution < -0.4 is 4.90 Å².